The second-order valence-corrected chi connectivity index (χ2v) is 8.85. The maximum atomic E-state index is 13.7. The topological polar surface area (TPSA) is 58.6 Å². The predicted molar refractivity (Wildman–Crippen MR) is 121 cm³/mol. The molecule has 2 aromatic carbocycles. The molecule has 4 rings (SSSR count). The van der Waals surface area contributed by atoms with E-state index in [9.17, 15) is 9.59 Å². The van der Waals surface area contributed by atoms with Crippen molar-refractivity contribution in [3.63, 3.8) is 0 Å². The monoisotopic (exact) mass is 440 g/mol. The van der Waals surface area contributed by atoms with E-state index in [1.54, 1.807) is 7.11 Å². The van der Waals surface area contributed by atoms with Crippen LogP contribution in [-0.2, 0) is 16.1 Å². The SMILES string of the molecule is COCCN1C(=O)c2ccccc2[C@@H](C(=O)NCc2ccccc2Cl)C12CCCCC2. The highest BCUT2D eigenvalue weighted by Gasteiger charge is 2.54. The van der Waals surface area contributed by atoms with Gasteiger partial charge in [0.15, 0.2) is 0 Å². The van der Waals surface area contributed by atoms with E-state index in [2.05, 4.69) is 5.32 Å². The Morgan fingerprint density at radius 1 is 1.13 bits per heavy atom. The van der Waals surface area contributed by atoms with Crippen LogP contribution in [0.4, 0.5) is 0 Å². The van der Waals surface area contributed by atoms with E-state index in [0.29, 0.717) is 30.3 Å². The van der Waals surface area contributed by atoms with Crippen molar-refractivity contribution in [3.05, 3.63) is 70.2 Å². The summed E-state index contributed by atoms with van der Waals surface area (Å²) in [4.78, 5) is 29.2. The summed E-state index contributed by atoms with van der Waals surface area (Å²) < 4.78 is 5.32. The molecule has 31 heavy (non-hydrogen) atoms. The van der Waals surface area contributed by atoms with Crippen LogP contribution in [0, 0.1) is 0 Å². The highest BCUT2D eigenvalue weighted by Crippen LogP contribution is 2.49. The average molecular weight is 441 g/mol. The molecule has 1 saturated carbocycles. The number of ether oxygens (including phenoxy) is 1. The maximum absolute atomic E-state index is 13.7. The Bertz CT molecular complexity index is 955. The van der Waals surface area contributed by atoms with Gasteiger partial charge in [-0.1, -0.05) is 67.3 Å². The Morgan fingerprint density at radius 2 is 1.84 bits per heavy atom. The van der Waals surface area contributed by atoms with E-state index < -0.39 is 11.5 Å². The molecule has 1 heterocycles. The van der Waals surface area contributed by atoms with Crippen LogP contribution in [0.5, 0.6) is 0 Å². The molecule has 0 saturated heterocycles. The minimum Gasteiger partial charge on any atom is -0.383 e. The van der Waals surface area contributed by atoms with Gasteiger partial charge in [-0.25, -0.2) is 0 Å². The molecule has 1 N–H and O–H groups in total. The highest BCUT2D eigenvalue weighted by atomic mass is 35.5. The maximum Gasteiger partial charge on any atom is 0.254 e. The van der Waals surface area contributed by atoms with E-state index in [1.165, 1.54) is 0 Å². The number of carbonyl (C=O) groups is 2. The zero-order chi connectivity index (χ0) is 21.8. The molecule has 1 aliphatic carbocycles. The number of fused-ring (bicyclic) bond motifs is 1. The number of halogens is 1. The zero-order valence-corrected chi connectivity index (χ0v) is 18.7. The number of hydrogen-bond acceptors (Lipinski definition) is 3. The summed E-state index contributed by atoms with van der Waals surface area (Å²) in [6.07, 6.45) is 4.78. The standard InChI is InChI=1S/C25H29ClN2O3/c1-31-16-15-28-24(30)20-11-5-4-10-19(20)22(25(28)13-7-2-8-14-25)23(29)27-17-18-9-3-6-12-21(18)26/h3-6,9-12,22H,2,7-8,13-17H2,1H3,(H,27,29)/t22-/m0/s1. The van der Waals surface area contributed by atoms with Crippen molar-refractivity contribution >= 4 is 23.4 Å². The number of methoxy groups -OCH3 is 1. The number of rotatable bonds is 6. The Balaban J connectivity index is 1.72. The van der Waals surface area contributed by atoms with E-state index in [0.717, 1.165) is 43.2 Å². The van der Waals surface area contributed by atoms with Crippen molar-refractivity contribution < 1.29 is 14.3 Å². The highest BCUT2D eigenvalue weighted by molar-refractivity contribution is 6.31. The van der Waals surface area contributed by atoms with Crippen molar-refractivity contribution in [2.24, 2.45) is 0 Å². The number of hydrogen-bond donors (Lipinski definition) is 1. The third-order valence-corrected chi connectivity index (χ3v) is 7.10. The third-order valence-electron chi connectivity index (χ3n) is 6.73. The van der Waals surface area contributed by atoms with E-state index >= 15 is 0 Å². The van der Waals surface area contributed by atoms with Gasteiger partial charge in [0.1, 0.15) is 0 Å². The van der Waals surface area contributed by atoms with Gasteiger partial charge in [-0.15, -0.1) is 0 Å². The average Bonchev–Trinajstić information content (AvgIpc) is 2.79. The van der Waals surface area contributed by atoms with E-state index in [-0.39, 0.29) is 11.8 Å². The van der Waals surface area contributed by atoms with Gasteiger partial charge in [-0.2, -0.15) is 0 Å². The largest absolute Gasteiger partial charge is 0.383 e. The van der Waals surface area contributed by atoms with Crippen LogP contribution < -0.4 is 5.32 Å². The Kier molecular flexibility index (Phi) is 6.63. The molecule has 1 atom stereocenters. The van der Waals surface area contributed by atoms with Crippen LogP contribution in [0.15, 0.2) is 48.5 Å². The van der Waals surface area contributed by atoms with Crippen molar-refractivity contribution in [1.29, 1.82) is 0 Å². The summed E-state index contributed by atoms with van der Waals surface area (Å²) in [6.45, 7) is 1.29. The van der Waals surface area contributed by atoms with E-state index in [4.69, 9.17) is 16.3 Å². The van der Waals surface area contributed by atoms with Crippen molar-refractivity contribution in [2.75, 3.05) is 20.3 Å². The zero-order valence-electron chi connectivity index (χ0n) is 17.9. The van der Waals surface area contributed by atoms with Gasteiger partial charge in [0, 0.05) is 30.8 Å². The quantitative estimate of drug-likeness (QED) is 0.717. The molecule has 0 bridgehead atoms. The van der Waals surface area contributed by atoms with Crippen molar-refractivity contribution in [2.45, 2.75) is 50.1 Å². The van der Waals surface area contributed by atoms with Gasteiger partial charge in [0.2, 0.25) is 5.91 Å². The Hall–Kier alpha value is -2.37. The van der Waals surface area contributed by atoms with Crippen LogP contribution in [0.1, 0.15) is 59.5 Å². The molecule has 0 aromatic heterocycles. The second kappa shape index (κ2) is 9.41. The first-order valence-corrected chi connectivity index (χ1v) is 11.4. The number of benzene rings is 2. The fourth-order valence-electron chi connectivity index (χ4n) is 5.28. The second-order valence-electron chi connectivity index (χ2n) is 8.44. The molecule has 0 radical (unpaired) electrons. The molecule has 1 fully saturated rings. The summed E-state index contributed by atoms with van der Waals surface area (Å²) in [5.74, 6) is -0.463. The lowest BCUT2D eigenvalue weighted by atomic mass is 9.65. The lowest BCUT2D eigenvalue weighted by Gasteiger charge is -2.53. The molecule has 2 aliphatic rings. The molecule has 2 aromatic rings. The van der Waals surface area contributed by atoms with E-state index in [1.807, 2.05) is 53.4 Å². The number of carbonyl (C=O) groups excluding carboxylic acids is 2. The van der Waals surface area contributed by atoms with Gasteiger partial charge in [-0.05, 0) is 36.1 Å². The van der Waals surface area contributed by atoms with Gasteiger partial charge >= 0.3 is 0 Å². The molecular weight excluding hydrogens is 412 g/mol. The van der Waals surface area contributed by atoms with Crippen LogP contribution in [-0.4, -0.2) is 42.5 Å². The molecule has 164 valence electrons. The van der Waals surface area contributed by atoms with Crippen molar-refractivity contribution in [1.82, 2.24) is 10.2 Å². The first-order chi connectivity index (χ1) is 15.1. The molecule has 1 aliphatic heterocycles. The summed E-state index contributed by atoms with van der Waals surface area (Å²) in [7, 11) is 1.64. The first-order valence-electron chi connectivity index (χ1n) is 11.0. The van der Waals surface area contributed by atoms with Crippen LogP contribution in [0.3, 0.4) is 0 Å². The summed E-state index contributed by atoms with van der Waals surface area (Å²) in [6, 6.07) is 15.1. The van der Waals surface area contributed by atoms with Crippen molar-refractivity contribution in [3.8, 4) is 0 Å². The molecule has 6 heteroatoms. The lowest BCUT2D eigenvalue weighted by molar-refractivity contribution is -0.127. The van der Waals surface area contributed by atoms with Crippen LogP contribution in [0.2, 0.25) is 5.02 Å². The van der Waals surface area contributed by atoms with Gasteiger partial charge < -0.3 is 15.0 Å². The molecular formula is C25H29ClN2O3. The van der Waals surface area contributed by atoms with Crippen LogP contribution in [0.25, 0.3) is 0 Å². The minimum atomic E-state index is -0.521. The van der Waals surface area contributed by atoms with Gasteiger partial charge in [0.25, 0.3) is 5.91 Å². The smallest absolute Gasteiger partial charge is 0.254 e. The number of nitrogens with one attached hydrogen (secondary N) is 1. The Morgan fingerprint density at radius 3 is 2.58 bits per heavy atom. The molecule has 5 nitrogen and oxygen atoms in total. The summed E-state index contributed by atoms with van der Waals surface area (Å²) in [5, 5.41) is 3.76. The first kappa shape index (κ1) is 21.8. The molecule has 1 spiro atoms. The fraction of sp³-hybridized carbons (Fsp3) is 0.440. The lowest BCUT2D eigenvalue weighted by Crippen LogP contribution is -2.63. The van der Waals surface area contributed by atoms with Gasteiger partial charge in [0.05, 0.1) is 18.1 Å². The minimum absolute atomic E-state index is 0.00436. The summed E-state index contributed by atoms with van der Waals surface area (Å²) in [5.41, 5.74) is 1.81. The number of nitrogens with zero attached hydrogens (tertiary/aromatic N) is 1. The van der Waals surface area contributed by atoms with Crippen LogP contribution >= 0.6 is 11.6 Å². The fourth-order valence-corrected chi connectivity index (χ4v) is 5.48. The summed E-state index contributed by atoms with van der Waals surface area (Å²) >= 11 is 6.30. The number of amides is 2. The molecule has 2 amide bonds. The normalized spacial score (nSPS) is 19.9. The van der Waals surface area contributed by atoms with Gasteiger partial charge in [-0.3, -0.25) is 9.59 Å². The Labute approximate surface area is 188 Å². The molecule has 0 unspecified atom stereocenters. The predicted octanol–water partition coefficient (Wildman–Crippen LogP) is 4.55. The third kappa shape index (κ3) is 4.09.